The van der Waals surface area contributed by atoms with E-state index < -0.39 is 16.1 Å². The second-order valence-electron chi connectivity index (χ2n) is 6.37. The van der Waals surface area contributed by atoms with E-state index in [1.54, 1.807) is 31.7 Å². The van der Waals surface area contributed by atoms with Crippen LogP contribution in [0.15, 0.2) is 29.3 Å². The molecule has 0 aliphatic carbocycles. The summed E-state index contributed by atoms with van der Waals surface area (Å²) in [5, 5.41) is 2.73. The maximum atomic E-state index is 13.3. The number of likely N-dealkylation sites (N-methyl/N-ethyl adjacent to an activating group) is 1. The van der Waals surface area contributed by atoms with Gasteiger partial charge in [0.15, 0.2) is 0 Å². The van der Waals surface area contributed by atoms with Crippen LogP contribution < -0.4 is 10.0 Å². The fraction of sp³-hybridized carbons (Fsp3) is 0.471. The van der Waals surface area contributed by atoms with Gasteiger partial charge in [-0.1, -0.05) is 0 Å². The van der Waals surface area contributed by atoms with Gasteiger partial charge in [0, 0.05) is 30.9 Å². The highest BCUT2D eigenvalue weighted by Gasteiger charge is 2.35. The largest absolute Gasteiger partial charge is 0.365 e. The summed E-state index contributed by atoms with van der Waals surface area (Å²) in [6, 6.07) is 3.48. The Bertz CT molecular complexity index is 790. The smallest absolute Gasteiger partial charge is 0.247 e. The van der Waals surface area contributed by atoms with Crippen LogP contribution in [0, 0.1) is 12.7 Å². The van der Waals surface area contributed by atoms with E-state index in [1.165, 1.54) is 18.3 Å². The van der Waals surface area contributed by atoms with Crippen LogP contribution in [-0.2, 0) is 14.8 Å². The van der Waals surface area contributed by atoms with Crippen LogP contribution in [0.1, 0.15) is 32.8 Å². The molecule has 0 aromatic heterocycles. The number of amides is 1. The van der Waals surface area contributed by atoms with Crippen LogP contribution in [0.4, 0.5) is 10.1 Å². The van der Waals surface area contributed by atoms with Crippen molar-refractivity contribution in [2.45, 2.75) is 46.2 Å². The van der Waals surface area contributed by atoms with Crippen LogP contribution in [0.5, 0.6) is 0 Å². The van der Waals surface area contributed by atoms with Gasteiger partial charge in [-0.2, -0.15) is 0 Å². The average molecular weight is 369 g/mol. The normalized spacial score (nSPS) is 17.8. The number of sulfonamides is 1. The number of hydrogen-bond donors (Lipinski definition) is 2. The zero-order valence-corrected chi connectivity index (χ0v) is 15.7. The van der Waals surface area contributed by atoms with Crippen molar-refractivity contribution in [1.29, 1.82) is 0 Å². The molecule has 1 aliphatic rings. The molecule has 2 rings (SSSR count). The molecule has 1 aromatic carbocycles. The quantitative estimate of drug-likeness (QED) is 0.807. The summed E-state index contributed by atoms with van der Waals surface area (Å²) in [7, 11) is -3.61. The number of aryl methyl sites for hydroxylation is 1. The molecule has 2 N–H and O–H groups in total. The van der Waals surface area contributed by atoms with Gasteiger partial charge in [0.25, 0.3) is 0 Å². The molecule has 0 fully saturated rings. The van der Waals surface area contributed by atoms with Crippen LogP contribution in [0.25, 0.3) is 0 Å². The van der Waals surface area contributed by atoms with Crippen LogP contribution in [0.3, 0.4) is 0 Å². The molecule has 0 saturated heterocycles. The highest BCUT2D eigenvalue weighted by Crippen LogP contribution is 2.26. The van der Waals surface area contributed by atoms with E-state index in [1.807, 2.05) is 6.92 Å². The number of rotatable bonds is 6. The molecule has 1 aromatic rings. The van der Waals surface area contributed by atoms with Crippen LogP contribution in [-0.4, -0.2) is 37.9 Å². The molecule has 1 atom stereocenters. The number of hydrogen-bond acceptors (Lipinski definition) is 4. The topological polar surface area (TPSA) is 78.5 Å². The number of anilines is 1. The molecule has 1 heterocycles. The third kappa shape index (κ3) is 4.58. The van der Waals surface area contributed by atoms with Gasteiger partial charge in [-0.05, 0) is 51.5 Å². The molecule has 138 valence electrons. The van der Waals surface area contributed by atoms with Crippen molar-refractivity contribution in [1.82, 2.24) is 9.62 Å². The van der Waals surface area contributed by atoms with Gasteiger partial charge >= 0.3 is 0 Å². The third-order valence-electron chi connectivity index (χ3n) is 3.93. The van der Waals surface area contributed by atoms with E-state index in [0.29, 0.717) is 17.8 Å². The van der Waals surface area contributed by atoms with Crippen LogP contribution in [0.2, 0.25) is 0 Å². The molecule has 1 amide bonds. The molecule has 0 saturated carbocycles. The summed E-state index contributed by atoms with van der Waals surface area (Å²) >= 11 is 0. The Labute approximate surface area is 148 Å². The van der Waals surface area contributed by atoms with Crippen molar-refractivity contribution in [2.24, 2.45) is 0 Å². The van der Waals surface area contributed by atoms with Gasteiger partial charge in [-0.15, -0.1) is 0 Å². The Balaban J connectivity index is 2.14. The number of carbonyl (C=O) groups is 1. The SMILES string of the molecule is CCN1C=C(S(=O)(=O)NC(C)C)CC1C(=O)Nc1ccc(F)c(C)c1. The monoisotopic (exact) mass is 369 g/mol. The third-order valence-corrected chi connectivity index (χ3v) is 5.68. The second kappa shape index (κ2) is 7.53. The molecule has 25 heavy (non-hydrogen) atoms. The van der Waals surface area contributed by atoms with Gasteiger partial charge in [0.2, 0.25) is 15.9 Å². The zero-order chi connectivity index (χ0) is 18.8. The summed E-state index contributed by atoms with van der Waals surface area (Å²) in [4.78, 5) is 14.5. The van der Waals surface area contributed by atoms with E-state index in [4.69, 9.17) is 0 Å². The molecular weight excluding hydrogens is 345 g/mol. The molecule has 1 unspecified atom stereocenters. The first kappa shape index (κ1) is 19.4. The number of nitrogens with one attached hydrogen (secondary N) is 2. The molecule has 6 nitrogen and oxygen atoms in total. The Morgan fingerprint density at radius 1 is 1.40 bits per heavy atom. The van der Waals surface area contributed by atoms with Gasteiger partial charge < -0.3 is 10.2 Å². The number of carbonyl (C=O) groups excluding carboxylic acids is 1. The predicted molar refractivity (Wildman–Crippen MR) is 95.8 cm³/mol. The molecule has 0 radical (unpaired) electrons. The zero-order valence-electron chi connectivity index (χ0n) is 14.8. The molecule has 0 bridgehead atoms. The van der Waals surface area contributed by atoms with Crippen molar-refractivity contribution < 1.29 is 17.6 Å². The first-order chi connectivity index (χ1) is 11.6. The van der Waals surface area contributed by atoms with E-state index in [-0.39, 0.29) is 29.1 Å². The van der Waals surface area contributed by atoms with Crippen molar-refractivity contribution in [2.75, 3.05) is 11.9 Å². The lowest BCUT2D eigenvalue weighted by Gasteiger charge is -2.23. The van der Waals surface area contributed by atoms with E-state index in [0.717, 1.165) is 0 Å². The lowest BCUT2D eigenvalue weighted by Crippen LogP contribution is -2.38. The van der Waals surface area contributed by atoms with E-state index in [9.17, 15) is 17.6 Å². The molecular formula is C17H24FN3O3S. The molecule has 8 heteroatoms. The molecule has 0 spiro atoms. The minimum atomic E-state index is -3.61. The summed E-state index contributed by atoms with van der Waals surface area (Å²) < 4.78 is 40.5. The van der Waals surface area contributed by atoms with Gasteiger partial charge in [-0.25, -0.2) is 17.5 Å². The first-order valence-corrected chi connectivity index (χ1v) is 9.68. The first-order valence-electron chi connectivity index (χ1n) is 8.19. The predicted octanol–water partition coefficient (Wildman–Crippen LogP) is 2.34. The fourth-order valence-corrected chi connectivity index (χ4v) is 4.13. The standard InChI is InChI=1S/C17H24FN3O3S/c1-5-21-10-14(25(23,24)20-11(2)3)9-16(21)17(22)19-13-6-7-15(18)12(4)8-13/h6-8,10-11,16,20H,5,9H2,1-4H3,(H,19,22). The minimum Gasteiger partial charge on any atom is -0.365 e. The van der Waals surface area contributed by atoms with Crippen molar-refractivity contribution >= 4 is 21.6 Å². The molecule has 1 aliphatic heterocycles. The Morgan fingerprint density at radius 2 is 2.08 bits per heavy atom. The average Bonchev–Trinajstić information content (AvgIpc) is 2.95. The fourth-order valence-electron chi connectivity index (χ4n) is 2.70. The Morgan fingerprint density at radius 3 is 2.64 bits per heavy atom. The lowest BCUT2D eigenvalue weighted by atomic mass is 10.1. The number of halogens is 1. The van der Waals surface area contributed by atoms with Gasteiger partial charge in [0.05, 0.1) is 4.91 Å². The second-order valence-corrected chi connectivity index (χ2v) is 8.14. The maximum absolute atomic E-state index is 13.3. The summed E-state index contributed by atoms with van der Waals surface area (Å²) in [5.74, 6) is -0.664. The van der Waals surface area contributed by atoms with E-state index in [2.05, 4.69) is 10.0 Å². The highest BCUT2D eigenvalue weighted by molar-refractivity contribution is 7.93. The number of benzene rings is 1. The Hall–Kier alpha value is -1.93. The summed E-state index contributed by atoms with van der Waals surface area (Å²) in [6.45, 7) is 7.45. The lowest BCUT2D eigenvalue weighted by molar-refractivity contribution is -0.119. The van der Waals surface area contributed by atoms with Crippen LogP contribution >= 0.6 is 0 Å². The van der Waals surface area contributed by atoms with Crippen molar-refractivity contribution in [3.8, 4) is 0 Å². The van der Waals surface area contributed by atoms with Gasteiger partial charge in [-0.3, -0.25) is 4.79 Å². The Kier molecular flexibility index (Phi) is 5.84. The van der Waals surface area contributed by atoms with Gasteiger partial charge in [0.1, 0.15) is 11.9 Å². The minimum absolute atomic E-state index is 0.0991. The maximum Gasteiger partial charge on any atom is 0.247 e. The van der Waals surface area contributed by atoms with Crippen molar-refractivity contribution in [3.05, 3.63) is 40.7 Å². The van der Waals surface area contributed by atoms with E-state index >= 15 is 0 Å². The summed E-state index contributed by atoms with van der Waals surface area (Å²) in [6.07, 6.45) is 1.62. The number of nitrogens with zero attached hydrogens (tertiary/aromatic N) is 1. The summed E-state index contributed by atoms with van der Waals surface area (Å²) in [5.41, 5.74) is 0.913. The highest BCUT2D eigenvalue weighted by atomic mass is 32.2. The van der Waals surface area contributed by atoms with Crippen molar-refractivity contribution in [3.63, 3.8) is 0 Å².